The van der Waals surface area contributed by atoms with Crippen LogP contribution in [0.1, 0.15) is 12.8 Å². The normalized spacial score (nSPS) is 21.1. The Morgan fingerprint density at radius 2 is 2.10 bits per heavy atom. The first-order valence-electron chi connectivity index (χ1n) is 6.77. The largest absolute Gasteiger partial charge is 0.494 e. The molecule has 0 unspecified atom stereocenters. The Bertz CT molecular complexity index is 529. The number of rotatable bonds is 2. The predicted octanol–water partition coefficient (Wildman–Crippen LogP) is 0.850. The smallest absolute Gasteiger partial charge is 0.247 e. The van der Waals surface area contributed by atoms with Gasteiger partial charge < -0.3 is 20.3 Å². The molecule has 2 aliphatic heterocycles. The zero-order chi connectivity index (χ0) is 14.2. The zero-order valence-electron chi connectivity index (χ0n) is 11.4. The van der Waals surface area contributed by atoms with Crippen molar-refractivity contribution in [3.05, 3.63) is 24.0 Å². The molecule has 108 valence electrons. The van der Waals surface area contributed by atoms with Crippen LogP contribution in [-0.4, -0.2) is 38.3 Å². The Labute approximate surface area is 117 Å². The summed E-state index contributed by atoms with van der Waals surface area (Å²) < 4.78 is 18.6. The Morgan fingerprint density at radius 3 is 2.80 bits per heavy atom. The first-order chi connectivity index (χ1) is 9.67. The fourth-order valence-electron chi connectivity index (χ4n) is 3.12. The Morgan fingerprint density at radius 1 is 1.35 bits per heavy atom. The van der Waals surface area contributed by atoms with Gasteiger partial charge in [-0.15, -0.1) is 0 Å². The highest BCUT2D eigenvalue weighted by atomic mass is 19.1. The molecule has 5 nitrogen and oxygen atoms in total. The summed E-state index contributed by atoms with van der Waals surface area (Å²) in [7, 11) is 1.51. The van der Waals surface area contributed by atoms with E-state index in [9.17, 15) is 9.18 Å². The number of amides is 1. The van der Waals surface area contributed by atoms with Crippen molar-refractivity contribution in [2.24, 2.45) is 0 Å². The van der Waals surface area contributed by atoms with Crippen molar-refractivity contribution < 1.29 is 13.9 Å². The van der Waals surface area contributed by atoms with Gasteiger partial charge in [-0.2, -0.15) is 0 Å². The molecule has 1 spiro atoms. The maximum atomic E-state index is 13.3. The summed E-state index contributed by atoms with van der Waals surface area (Å²) >= 11 is 0. The van der Waals surface area contributed by atoms with Crippen molar-refractivity contribution in [2.75, 3.05) is 31.8 Å². The number of anilines is 1. The van der Waals surface area contributed by atoms with Crippen LogP contribution in [-0.2, 0) is 4.79 Å². The van der Waals surface area contributed by atoms with Crippen LogP contribution in [0.15, 0.2) is 18.2 Å². The minimum atomic E-state index is -0.545. The molecule has 0 aromatic heterocycles. The first kappa shape index (κ1) is 13.2. The third-order valence-electron chi connectivity index (χ3n) is 4.20. The van der Waals surface area contributed by atoms with E-state index in [1.165, 1.54) is 19.2 Å². The highest BCUT2D eigenvalue weighted by Crippen LogP contribution is 2.39. The average molecular weight is 279 g/mol. The number of carbonyl (C=O) groups is 1. The summed E-state index contributed by atoms with van der Waals surface area (Å²) in [5.74, 6) is 0.160. The van der Waals surface area contributed by atoms with E-state index < -0.39 is 5.54 Å². The van der Waals surface area contributed by atoms with Gasteiger partial charge in [-0.25, -0.2) is 4.39 Å². The SMILES string of the molecule is COc1cc(F)ccc1N1CNC(=O)C12CCNCC2. The summed E-state index contributed by atoms with van der Waals surface area (Å²) in [6.45, 7) is 2.03. The van der Waals surface area contributed by atoms with Crippen LogP contribution in [0.25, 0.3) is 0 Å². The van der Waals surface area contributed by atoms with Crippen LogP contribution in [0.4, 0.5) is 10.1 Å². The van der Waals surface area contributed by atoms with Gasteiger partial charge in [-0.05, 0) is 38.1 Å². The quantitative estimate of drug-likeness (QED) is 0.843. The maximum absolute atomic E-state index is 13.3. The van der Waals surface area contributed by atoms with E-state index in [1.807, 2.05) is 4.90 Å². The second-order valence-electron chi connectivity index (χ2n) is 5.19. The van der Waals surface area contributed by atoms with Crippen molar-refractivity contribution in [1.82, 2.24) is 10.6 Å². The summed E-state index contributed by atoms with van der Waals surface area (Å²) in [6, 6.07) is 4.43. The molecule has 20 heavy (non-hydrogen) atoms. The molecule has 2 heterocycles. The lowest BCUT2D eigenvalue weighted by molar-refractivity contribution is -0.124. The molecule has 2 aliphatic rings. The van der Waals surface area contributed by atoms with Crippen molar-refractivity contribution >= 4 is 11.6 Å². The van der Waals surface area contributed by atoms with Gasteiger partial charge in [0, 0.05) is 6.07 Å². The van der Waals surface area contributed by atoms with Crippen molar-refractivity contribution in [2.45, 2.75) is 18.4 Å². The molecule has 3 rings (SSSR count). The van der Waals surface area contributed by atoms with Crippen molar-refractivity contribution in [3.8, 4) is 5.75 Å². The number of nitrogens with one attached hydrogen (secondary N) is 2. The molecule has 0 bridgehead atoms. The Hall–Kier alpha value is -1.82. The molecule has 2 fully saturated rings. The van der Waals surface area contributed by atoms with Crippen LogP contribution in [0, 0.1) is 5.82 Å². The second-order valence-corrected chi connectivity index (χ2v) is 5.19. The topological polar surface area (TPSA) is 53.6 Å². The lowest BCUT2D eigenvalue weighted by Crippen LogP contribution is -2.55. The average Bonchev–Trinajstić information content (AvgIpc) is 2.77. The van der Waals surface area contributed by atoms with Gasteiger partial charge >= 0.3 is 0 Å². The monoisotopic (exact) mass is 279 g/mol. The molecule has 1 amide bonds. The number of nitrogens with zero attached hydrogens (tertiary/aromatic N) is 1. The number of methoxy groups -OCH3 is 1. The van der Waals surface area contributed by atoms with E-state index in [-0.39, 0.29) is 11.7 Å². The minimum absolute atomic E-state index is 0.0466. The molecule has 2 saturated heterocycles. The van der Waals surface area contributed by atoms with Gasteiger partial charge in [0.2, 0.25) is 5.91 Å². The van der Waals surface area contributed by atoms with Gasteiger partial charge in [0.1, 0.15) is 17.1 Å². The molecule has 1 aromatic carbocycles. The first-order valence-corrected chi connectivity index (χ1v) is 6.77. The van der Waals surface area contributed by atoms with Crippen LogP contribution in [0.5, 0.6) is 5.75 Å². The predicted molar refractivity (Wildman–Crippen MR) is 73.3 cm³/mol. The van der Waals surface area contributed by atoms with E-state index in [0.717, 1.165) is 31.6 Å². The molecule has 2 N–H and O–H groups in total. The lowest BCUT2D eigenvalue weighted by atomic mass is 9.86. The maximum Gasteiger partial charge on any atom is 0.247 e. The molecule has 0 saturated carbocycles. The van der Waals surface area contributed by atoms with Gasteiger partial charge in [-0.3, -0.25) is 4.79 Å². The van der Waals surface area contributed by atoms with Gasteiger partial charge in [0.15, 0.2) is 0 Å². The fraction of sp³-hybridized carbons (Fsp3) is 0.500. The molecule has 6 heteroatoms. The molecule has 1 aromatic rings. The summed E-state index contributed by atoms with van der Waals surface area (Å²) in [6.07, 6.45) is 1.47. The fourth-order valence-corrected chi connectivity index (χ4v) is 3.12. The molecule has 0 aliphatic carbocycles. The number of halogens is 1. The van der Waals surface area contributed by atoms with E-state index in [0.29, 0.717) is 12.4 Å². The standard InChI is InChI=1S/C14H18FN3O2/c1-20-12-8-10(15)2-3-11(12)18-9-17-13(19)14(18)4-6-16-7-5-14/h2-3,8,16H,4-7,9H2,1H3,(H,17,19). The molecule has 0 radical (unpaired) electrons. The van der Waals surface area contributed by atoms with E-state index >= 15 is 0 Å². The lowest BCUT2D eigenvalue weighted by Gasteiger charge is -2.40. The number of hydrogen-bond donors (Lipinski definition) is 2. The third-order valence-corrected chi connectivity index (χ3v) is 4.20. The summed E-state index contributed by atoms with van der Waals surface area (Å²) in [5, 5.41) is 6.17. The zero-order valence-corrected chi connectivity index (χ0v) is 11.4. The van der Waals surface area contributed by atoms with E-state index in [2.05, 4.69) is 10.6 Å². The van der Waals surface area contributed by atoms with Crippen molar-refractivity contribution in [1.29, 1.82) is 0 Å². The third kappa shape index (κ3) is 1.91. The molecular formula is C14H18FN3O2. The van der Waals surface area contributed by atoms with Gasteiger partial charge in [0.05, 0.1) is 19.5 Å². The van der Waals surface area contributed by atoms with Crippen LogP contribution >= 0.6 is 0 Å². The number of ether oxygens (including phenoxy) is 1. The molecule has 0 atom stereocenters. The van der Waals surface area contributed by atoms with Crippen molar-refractivity contribution in [3.63, 3.8) is 0 Å². The number of benzene rings is 1. The minimum Gasteiger partial charge on any atom is -0.494 e. The molecular weight excluding hydrogens is 261 g/mol. The Kier molecular flexibility index (Phi) is 3.25. The number of carbonyl (C=O) groups excluding carboxylic acids is 1. The van der Waals surface area contributed by atoms with Crippen LogP contribution < -0.4 is 20.3 Å². The van der Waals surface area contributed by atoms with Gasteiger partial charge in [0.25, 0.3) is 0 Å². The van der Waals surface area contributed by atoms with E-state index in [1.54, 1.807) is 6.07 Å². The van der Waals surface area contributed by atoms with E-state index in [4.69, 9.17) is 4.74 Å². The Balaban J connectivity index is 2.02. The number of piperidine rings is 1. The second kappa shape index (κ2) is 4.94. The summed E-state index contributed by atoms with van der Waals surface area (Å²) in [5.41, 5.74) is 0.213. The van der Waals surface area contributed by atoms with Gasteiger partial charge in [-0.1, -0.05) is 0 Å². The summed E-state index contributed by atoms with van der Waals surface area (Å²) in [4.78, 5) is 14.3. The number of hydrogen-bond acceptors (Lipinski definition) is 4. The van der Waals surface area contributed by atoms with Crippen LogP contribution in [0.3, 0.4) is 0 Å². The highest BCUT2D eigenvalue weighted by Gasteiger charge is 2.49. The highest BCUT2D eigenvalue weighted by molar-refractivity contribution is 5.94. The van der Waals surface area contributed by atoms with Crippen LogP contribution in [0.2, 0.25) is 0 Å².